The quantitative estimate of drug-likeness (QED) is 0.694. The van der Waals surface area contributed by atoms with Crippen molar-refractivity contribution < 1.29 is 9.53 Å². The highest BCUT2D eigenvalue weighted by molar-refractivity contribution is 6.14. The maximum atomic E-state index is 13.1. The van der Waals surface area contributed by atoms with E-state index in [0.717, 1.165) is 48.6 Å². The molecule has 29 heavy (non-hydrogen) atoms. The van der Waals surface area contributed by atoms with Gasteiger partial charge in [-0.05, 0) is 42.5 Å². The molecule has 0 radical (unpaired) electrons. The topological polar surface area (TPSA) is 67.3 Å². The maximum absolute atomic E-state index is 13.1. The number of carbonyl (C=O) groups is 1. The average Bonchev–Trinajstić information content (AvgIpc) is 2.75. The summed E-state index contributed by atoms with van der Waals surface area (Å²) >= 11 is 0. The molecule has 1 aliphatic rings. The third kappa shape index (κ3) is 4.16. The van der Waals surface area contributed by atoms with Crippen LogP contribution in [-0.4, -0.2) is 35.6 Å². The molecular formula is C23H26N4O2. The van der Waals surface area contributed by atoms with Gasteiger partial charge in [0.15, 0.2) is 0 Å². The van der Waals surface area contributed by atoms with E-state index >= 15 is 0 Å². The van der Waals surface area contributed by atoms with Gasteiger partial charge in [0.2, 0.25) is 5.95 Å². The summed E-state index contributed by atoms with van der Waals surface area (Å²) in [5, 5.41) is 4.77. The van der Waals surface area contributed by atoms with Crippen LogP contribution in [0.25, 0.3) is 10.8 Å². The first-order chi connectivity index (χ1) is 14.2. The normalized spacial score (nSPS) is 14.8. The molecule has 1 aromatic heterocycles. The molecule has 3 aromatic rings. The Morgan fingerprint density at radius 2 is 1.86 bits per heavy atom. The molecule has 0 bridgehead atoms. The van der Waals surface area contributed by atoms with Crippen molar-refractivity contribution in [2.45, 2.75) is 26.7 Å². The summed E-state index contributed by atoms with van der Waals surface area (Å²) in [6, 6.07) is 11.6. The van der Waals surface area contributed by atoms with Crippen LogP contribution >= 0.6 is 0 Å². The highest BCUT2D eigenvalue weighted by atomic mass is 16.5. The Kier molecular flexibility index (Phi) is 5.60. The van der Waals surface area contributed by atoms with Crippen LogP contribution in [0.4, 0.5) is 11.6 Å². The Labute approximate surface area is 170 Å². The molecule has 4 rings (SSSR count). The van der Waals surface area contributed by atoms with Crippen LogP contribution in [0, 0.1) is 5.92 Å². The number of aromatic nitrogens is 2. The SMILES string of the molecule is CCOc1ccc2ccccc2c1C(=O)Nc1cnc(N2CCC(C)CC2)nc1. The summed E-state index contributed by atoms with van der Waals surface area (Å²) in [6.07, 6.45) is 5.65. The highest BCUT2D eigenvalue weighted by Gasteiger charge is 2.19. The van der Waals surface area contributed by atoms with Crippen molar-refractivity contribution in [3.63, 3.8) is 0 Å². The maximum Gasteiger partial charge on any atom is 0.260 e. The van der Waals surface area contributed by atoms with Gasteiger partial charge in [-0.25, -0.2) is 9.97 Å². The van der Waals surface area contributed by atoms with Crippen molar-refractivity contribution in [3.8, 4) is 5.75 Å². The van der Waals surface area contributed by atoms with E-state index in [-0.39, 0.29) is 5.91 Å². The van der Waals surface area contributed by atoms with Crippen molar-refractivity contribution in [3.05, 3.63) is 54.4 Å². The standard InChI is InChI=1S/C23H26N4O2/c1-3-29-20-9-8-17-6-4-5-7-19(17)21(20)22(28)26-18-14-24-23(25-15-18)27-12-10-16(2)11-13-27/h4-9,14-16H,3,10-13H2,1-2H3,(H,26,28). The third-order valence-electron chi connectivity index (χ3n) is 5.38. The lowest BCUT2D eigenvalue weighted by atomic mass is 10.00. The molecule has 1 aliphatic heterocycles. The van der Waals surface area contributed by atoms with E-state index < -0.39 is 0 Å². The monoisotopic (exact) mass is 390 g/mol. The van der Waals surface area contributed by atoms with E-state index in [4.69, 9.17) is 4.74 Å². The van der Waals surface area contributed by atoms with Gasteiger partial charge >= 0.3 is 0 Å². The number of nitrogens with zero attached hydrogens (tertiary/aromatic N) is 3. The van der Waals surface area contributed by atoms with Gasteiger partial charge in [0.25, 0.3) is 5.91 Å². The number of ether oxygens (including phenoxy) is 1. The van der Waals surface area contributed by atoms with E-state index in [1.165, 1.54) is 0 Å². The number of fused-ring (bicyclic) bond motifs is 1. The largest absolute Gasteiger partial charge is 0.493 e. The molecule has 1 saturated heterocycles. The zero-order chi connectivity index (χ0) is 20.2. The number of piperidine rings is 1. The second-order valence-corrected chi connectivity index (χ2v) is 7.49. The van der Waals surface area contributed by atoms with Crippen molar-refractivity contribution in [1.82, 2.24) is 9.97 Å². The third-order valence-corrected chi connectivity index (χ3v) is 5.38. The minimum absolute atomic E-state index is 0.228. The molecule has 0 aliphatic carbocycles. The fourth-order valence-electron chi connectivity index (χ4n) is 3.71. The number of anilines is 2. The molecule has 1 N–H and O–H groups in total. The zero-order valence-corrected chi connectivity index (χ0v) is 16.9. The van der Waals surface area contributed by atoms with E-state index in [2.05, 4.69) is 27.1 Å². The Balaban J connectivity index is 1.56. The van der Waals surface area contributed by atoms with E-state index in [1.807, 2.05) is 43.3 Å². The van der Waals surface area contributed by atoms with E-state index in [1.54, 1.807) is 12.4 Å². The smallest absolute Gasteiger partial charge is 0.260 e. The Hall–Kier alpha value is -3.15. The number of hydrogen-bond acceptors (Lipinski definition) is 5. The molecular weight excluding hydrogens is 364 g/mol. The van der Waals surface area contributed by atoms with Gasteiger partial charge in [-0.2, -0.15) is 0 Å². The first-order valence-electron chi connectivity index (χ1n) is 10.2. The molecule has 150 valence electrons. The molecule has 6 heteroatoms. The molecule has 2 heterocycles. The summed E-state index contributed by atoms with van der Waals surface area (Å²) in [5.41, 5.74) is 1.10. The fourth-order valence-corrected chi connectivity index (χ4v) is 3.71. The van der Waals surface area contributed by atoms with Crippen LogP contribution in [0.1, 0.15) is 37.0 Å². The van der Waals surface area contributed by atoms with Crippen molar-refractivity contribution in [2.24, 2.45) is 5.92 Å². The average molecular weight is 390 g/mol. The van der Waals surface area contributed by atoms with Crippen LogP contribution in [-0.2, 0) is 0 Å². The van der Waals surface area contributed by atoms with Crippen molar-refractivity contribution >= 4 is 28.3 Å². The second kappa shape index (κ2) is 8.47. The Bertz CT molecular complexity index is 995. The summed E-state index contributed by atoms with van der Waals surface area (Å²) in [5.74, 6) is 1.82. The molecule has 1 amide bonds. The lowest BCUT2D eigenvalue weighted by molar-refractivity contribution is 0.102. The van der Waals surface area contributed by atoms with Crippen LogP contribution < -0.4 is 15.0 Å². The predicted molar refractivity (Wildman–Crippen MR) is 116 cm³/mol. The molecule has 0 saturated carbocycles. The van der Waals surface area contributed by atoms with E-state index in [0.29, 0.717) is 23.6 Å². The molecule has 0 atom stereocenters. The first-order valence-corrected chi connectivity index (χ1v) is 10.2. The first kappa shape index (κ1) is 19.2. The van der Waals surface area contributed by atoms with E-state index in [9.17, 15) is 4.79 Å². The van der Waals surface area contributed by atoms with Crippen LogP contribution in [0.15, 0.2) is 48.8 Å². The molecule has 0 spiro atoms. The molecule has 2 aromatic carbocycles. The van der Waals surface area contributed by atoms with Crippen LogP contribution in [0.5, 0.6) is 5.75 Å². The molecule has 0 unspecified atom stereocenters. The lowest BCUT2D eigenvalue weighted by Crippen LogP contribution is -2.34. The Morgan fingerprint density at radius 1 is 1.14 bits per heavy atom. The minimum Gasteiger partial charge on any atom is -0.493 e. The van der Waals surface area contributed by atoms with Gasteiger partial charge in [0.05, 0.1) is 30.3 Å². The summed E-state index contributed by atoms with van der Waals surface area (Å²) in [7, 11) is 0. The van der Waals surface area contributed by atoms with Gasteiger partial charge in [0, 0.05) is 13.1 Å². The van der Waals surface area contributed by atoms with Gasteiger partial charge in [-0.1, -0.05) is 37.3 Å². The van der Waals surface area contributed by atoms with Gasteiger partial charge in [-0.15, -0.1) is 0 Å². The second-order valence-electron chi connectivity index (χ2n) is 7.49. The van der Waals surface area contributed by atoms with Crippen LogP contribution in [0.2, 0.25) is 0 Å². The highest BCUT2D eigenvalue weighted by Crippen LogP contribution is 2.29. The number of hydrogen-bond donors (Lipinski definition) is 1. The lowest BCUT2D eigenvalue weighted by Gasteiger charge is -2.30. The summed E-state index contributed by atoms with van der Waals surface area (Å²) in [6.45, 7) is 6.62. The number of nitrogens with one attached hydrogen (secondary N) is 1. The van der Waals surface area contributed by atoms with Gasteiger partial charge < -0.3 is 15.0 Å². The number of rotatable bonds is 5. The number of benzene rings is 2. The fraction of sp³-hybridized carbons (Fsp3) is 0.348. The van der Waals surface area contributed by atoms with Crippen molar-refractivity contribution in [2.75, 3.05) is 29.9 Å². The van der Waals surface area contributed by atoms with Crippen molar-refractivity contribution in [1.29, 1.82) is 0 Å². The van der Waals surface area contributed by atoms with Gasteiger partial charge in [0.1, 0.15) is 5.75 Å². The number of carbonyl (C=O) groups excluding carboxylic acids is 1. The zero-order valence-electron chi connectivity index (χ0n) is 16.9. The number of amides is 1. The predicted octanol–water partition coefficient (Wildman–Crippen LogP) is 4.52. The van der Waals surface area contributed by atoms with Crippen LogP contribution in [0.3, 0.4) is 0 Å². The minimum atomic E-state index is -0.228. The summed E-state index contributed by atoms with van der Waals surface area (Å²) < 4.78 is 5.71. The Morgan fingerprint density at radius 3 is 2.59 bits per heavy atom. The molecule has 6 nitrogen and oxygen atoms in total. The van der Waals surface area contributed by atoms with Gasteiger partial charge in [-0.3, -0.25) is 4.79 Å². The molecule has 1 fully saturated rings. The summed E-state index contributed by atoms with van der Waals surface area (Å²) in [4.78, 5) is 24.2.